The summed E-state index contributed by atoms with van der Waals surface area (Å²) in [6.07, 6.45) is 2.21. The Morgan fingerprint density at radius 3 is 2.68 bits per heavy atom. The van der Waals surface area contributed by atoms with E-state index in [1.54, 1.807) is 31.1 Å². The lowest BCUT2D eigenvalue weighted by molar-refractivity contribution is -0.140. The van der Waals surface area contributed by atoms with Gasteiger partial charge < -0.3 is 19.4 Å². The molecular formula is C21H30FN3O3. The summed E-state index contributed by atoms with van der Waals surface area (Å²) in [5, 5.41) is 0. The molecule has 1 aromatic carbocycles. The van der Waals surface area contributed by atoms with Crippen molar-refractivity contribution < 1.29 is 18.7 Å². The average Bonchev–Trinajstić information content (AvgIpc) is 3.21. The van der Waals surface area contributed by atoms with Gasteiger partial charge in [0, 0.05) is 46.1 Å². The Morgan fingerprint density at radius 2 is 2.00 bits per heavy atom. The number of unbranched alkanes of at least 4 members (excludes halogenated alkanes) is 1. The number of methoxy groups -OCH3 is 1. The topological polar surface area (TPSA) is 53.1 Å². The minimum Gasteiger partial charge on any atom is -0.469 e. The second-order valence-electron chi connectivity index (χ2n) is 8.05. The van der Waals surface area contributed by atoms with Crippen LogP contribution in [0, 0.1) is 17.7 Å². The molecule has 154 valence electrons. The van der Waals surface area contributed by atoms with Crippen molar-refractivity contribution in [2.45, 2.75) is 25.3 Å². The fraction of sp³-hybridized carbons (Fsp3) is 0.619. The molecule has 2 aliphatic heterocycles. The van der Waals surface area contributed by atoms with E-state index in [9.17, 15) is 14.0 Å². The summed E-state index contributed by atoms with van der Waals surface area (Å²) in [6, 6.07) is 6.52. The molecule has 0 aromatic heterocycles. The third-order valence-corrected chi connectivity index (χ3v) is 5.89. The number of carbonyl (C=O) groups excluding carboxylic acids is 2. The van der Waals surface area contributed by atoms with Crippen LogP contribution in [0.5, 0.6) is 0 Å². The summed E-state index contributed by atoms with van der Waals surface area (Å²) in [5.74, 6) is 0.252. The van der Waals surface area contributed by atoms with Crippen molar-refractivity contribution in [2.24, 2.45) is 11.8 Å². The van der Waals surface area contributed by atoms with Gasteiger partial charge in [0.05, 0.1) is 13.2 Å². The molecule has 2 saturated heterocycles. The molecule has 0 aliphatic carbocycles. The number of urea groups is 1. The van der Waals surface area contributed by atoms with Crippen LogP contribution in [0.15, 0.2) is 24.3 Å². The van der Waals surface area contributed by atoms with Crippen LogP contribution >= 0.6 is 0 Å². The zero-order chi connectivity index (χ0) is 20.3. The molecule has 0 unspecified atom stereocenters. The molecule has 3 atom stereocenters. The molecule has 2 heterocycles. The third-order valence-electron chi connectivity index (χ3n) is 5.89. The van der Waals surface area contributed by atoms with E-state index in [2.05, 4.69) is 9.64 Å². The largest absolute Gasteiger partial charge is 0.469 e. The van der Waals surface area contributed by atoms with Crippen LogP contribution in [0.4, 0.5) is 9.18 Å². The summed E-state index contributed by atoms with van der Waals surface area (Å²) in [6.45, 7) is 3.45. The Labute approximate surface area is 166 Å². The Kier molecular flexibility index (Phi) is 6.54. The molecule has 0 spiro atoms. The number of ether oxygens (including phenoxy) is 1. The lowest BCUT2D eigenvalue weighted by Gasteiger charge is -2.32. The predicted molar refractivity (Wildman–Crippen MR) is 104 cm³/mol. The van der Waals surface area contributed by atoms with Gasteiger partial charge in [-0.2, -0.15) is 0 Å². The van der Waals surface area contributed by atoms with Crippen LogP contribution in [0.25, 0.3) is 0 Å². The average molecular weight is 391 g/mol. The van der Waals surface area contributed by atoms with Gasteiger partial charge in [0.2, 0.25) is 0 Å². The maximum absolute atomic E-state index is 13.9. The minimum absolute atomic E-state index is 0.0201. The van der Waals surface area contributed by atoms with Gasteiger partial charge in [-0.1, -0.05) is 12.1 Å². The van der Waals surface area contributed by atoms with E-state index in [0.29, 0.717) is 24.8 Å². The number of carbonyl (C=O) groups is 2. The van der Waals surface area contributed by atoms with Crippen LogP contribution in [-0.4, -0.2) is 74.1 Å². The normalized spacial score (nSPS) is 24.3. The standard InChI is InChI=1S/C21H30FN3O3/c1-23(2)21(27)25-13-16-12-24(10-5-4-9-19(26)28-3)14-18(16)20(25)15-7-6-8-17(22)11-15/h6-8,11,16,18,20H,4-5,9-10,12-14H2,1-3H3/t16-,18-,20+/m1/s1. The molecule has 7 heteroatoms. The highest BCUT2D eigenvalue weighted by Gasteiger charge is 2.49. The summed E-state index contributed by atoms with van der Waals surface area (Å²) in [4.78, 5) is 29.9. The van der Waals surface area contributed by atoms with E-state index < -0.39 is 0 Å². The Bertz CT molecular complexity index is 712. The van der Waals surface area contributed by atoms with Gasteiger partial charge >= 0.3 is 12.0 Å². The van der Waals surface area contributed by atoms with Crippen LogP contribution < -0.4 is 0 Å². The maximum Gasteiger partial charge on any atom is 0.320 e. The van der Waals surface area contributed by atoms with Crippen molar-refractivity contribution in [3.8, 4) is 0 Å². The van der Waals surface area contributed by atoms with E-state index in [1.165, 1.54) is 13.2 Å². The van der Waals surface area contributed by atoms with Gasteiger partial charge in [0.15, 0.2) is 0 Å². The second kappa shape index (κ2) is 8.90. The van der Waals surface area contributed by atoms with Gasteiger partial charge in [-0.05, 0) is 43.0 Å². The molecule has 0 N–H and O–H groups in total. The van der Waals surface area contributed by atoms with Crippen molar-refractivity contribution in [1.82, 2.24) is 14.7 Å². The van der Waals surface area contributed by atoms with E-state index in [0.717, 1.165) is 38.0 Å². The highest BCUT2D eigenvalue weighted by atomic mass is 19.1. The van der Waals surface area contributed by atoms with Gasteiger partial charge in [0.25, 0.3) is 0 Å². The molecule has 3 rings (SSSR count). The summed E-state index contributed by atoms with van der Waals surface area (Å²) in [7, 11) is 4.93. The number of rotatable bonds is 6. The van der Waals surface area contributed by atoms with Crippen LogP contribution in [0.3, 0.4) is 0 Å². The summed E-state index contributed by atoms with van der Waals surface area (Å²) < 4.78 is 18.6. The first-order valence-electron chi connectivity index (χ1n) is 9.93. The Morgan fingerprint density at radius 1 is 1.21 bits per heavy atom. The summed E-state index contributed by atoms with van der Waals surface area (Å²) >= 11 is 0. The third kappa shape index (κ3) is 4.46. The number of likely N-dealkylation sites (tertiary alicyclic amines) is 2. The number of benzene rings is 1. The van der Waals surface area contributed by atoms with E-state index in [1.807, 2.05) is 11.0 Å². The minimum atomic E-state index is -0.268. The van der Waals surface area contributed by atoms with Crippen molar-refractivity contribution in [1.29, 1.82) is 0 Å². The molecular weight excluding hydrogens is 361 g/mol. The number of hydrogen-bond acceptors (Lipinski definition) is 4. The number of nitrogens with zero attached hydrogens (tertiary/aromatic N) is 3. The van der Waals surface area contributed by atoms with Crippen molar-refractivity contribution in [2.75, 3.05) is 47.4 Å². The molecule has 1 aromatic rings. The van der Waals surface area contributed by atoms with Crippen molar-refractivity contribution in [3.63, 3.8) is 0 Å². The molecule has 0 saturated carbocycles. The molecule has 2 fully saturated rings. The molecule has 2 aliphatic rings. The molecule has 6 nitrogen and oxygen atoms in total. The molecule has 0 bridgehead atoms. The quantitative estimate of drug-likeness (QED) is 0.553. The molecule has 28 heavy (non-hydrogen) atoms. The van der Waals surface area contributed by atoms with Crippen molar-refractivity contribution in [3.05, 3.63) is 35.6 Å². The predicted octanol–water partition coefficient (Wildman–Crippen LogP) is 2.76. The zero-order valence-corrected chi connectivity index (χ0v) is 16.9. The van der Waals surface area contributed by atoms with E-state index >= 15 is 0 Å². The van der Waals surface area contributed by atoms with Gasteiger partial charge in [-0.15, -0.1) is 0 Å². The van der Waals surface area contributed by atoms with Crippen molar-refractivity contribution >= 4 is 12.0 Å². The first-order valence-corrected chi connectivity index (χ1v) is 9.93. The highest BCUT2D eigenvalue weighted by Crippen LogP contribution is 2.45. The Hall–Kier alpha value is -2.15. The van der Waals surface area contributed by atoms with Crippen LogP contribution in [-0.2, 0) is 9.53 Å². The number of halogens is 1. The van der Waals surface area contributed by atoms with Gasteiger partial charge in [-0.3, -0.25) is 4.79 Å². The zero-order valence-electron chi connectivity index (χ0n) is 16.9. The van der Waals surface area contributed by atoms with Crippen LogP contribution in [0.1, 0.15) is 30.9 Å². The fourth-order valence-electron chi connectivity index (χ4n) is 4.60. The molecule has 2 amide bonds. The maximum atomic E-state index is 13.9. The van der Waals surface area contributed by atoms with Gasteiger partial charge in [0.1, 0.15) is 5.82 Å². The highest BCUT2D eigenvalue weighted by molar-refractivity contribution is 5.75. The van der Waals surface area contributed by atoms with E-state index in [4.69, 9.17) is 0 Å². The lowest BCUT2D eigenvalue weighted by Crippen LogP contribution is -2.41. The smallest absolute Gasteiger partial charge is 0.320 e. The lowest BCUT2D eigenvalue weighted by atomic mass is 9.89. The first-order chi connectivity index (χ1) is 13.4. The van der Waals surface area contributed by atoms with Gasteiger partial charge in [-0.25, -0.2) is 9.18 Å². The first kappa shape index (κ1) is 20.6. The second-order valence-corrected chi connectivity index (χ2v) is 8.05. The molecule has 0 radical (unpaired) electrons. The van der Waals surface area contributed by atoms with E-state index in [-0.39, 0.29) is 23.9 Å². The summed E-state index contributed by atoms with van der Waals surface area (Å²) in [5.41, 5.74) is 0.871. The Balaban J connectivity index is 1.67. The number of amides is 2. The number of hydrogen-bond donors (Lipinski definition) is 0. The number of esters is 1. The monoisotopic (exact) mass is 391 g/mol. The SMILES string of the molecule is COC(=O)CCCCN1C[C@@H]2CN(C(=O)N(C)C)[C@@H](c3cccc(F)c3)[C@@H]2C1. The van der Waals surface area contributed by atoms with Crippen LogP contribution in [0.2, 0.25) is 0 Å². The fourth-order valence-corrected chi connectivity index (χ4v) is 4.60. The number of fused-ring (bicyclic) bond motifs is 1.